The molecule has 0 aromatic heterocycles. The second kappa shape index (κ2) is 5.95. The van der Waals surface area contributed by atoms with Crippen molar-refractivity contribution in [1.29, 1.82) is 0 Å². The van der Waals surface area contributed by atoms with E-state index in [4.69, 9.17) is 14.2 Å². The summed E-state index contributed by atoms with van der Waals surface area (Å²) in [6.07, 6.45) is -0.343. The highest BCUT2D eigenvalue weighted by molar-refractivity contribution is 5.14. The van der Waals surface area contributed by atoms with Gasteiger partial charge in [-0.2, -0.15) is 0 Å². The van der Waals surface area contributed by atoms with Gasteiger partial charge in [-0.15, -0.1) is 0 Å². The highest BCUT2D eigenvalue weighted by atomic mass is 16.7. The van der Waals surface area contributed by atoms with Crippen molar-refractivity contribution in [2.24, 2.45) is 29.6 Å². The van der Waals surface area contributed by atoms with E-state index >= 15 is 0 Å². The van der Waals surface area contributed by atoms with E-state index in [0.717, 1.165) is 6.42 Å². The maximum atomic E-state index is 10.4. The molecule has 1 saturated carbocycles. The van der Waals surface area contributed by atoms with Gasteiger partial charge in [0.1, 0.15) is 0 Å². The minimum absolute atomic E-state index is 0.0347. The molecule has 0 amide bonds. The number of fused-ring (bicyclic) bond motifs is 1. The van der Waals surface area contributed by atoms with Crippen molar-refractivity contribution in [1.82, 2.24) is 0 Å². The molecule has 2 N–H and O–H groups in total. The van der Waals surface area contributed by atoms with Crippen LogP contribution in [0.4, 0.5) is 0 Å². The molecule has 0 aromatic carbocycles. The van der Waals surface area contributed by atoms with Crippen LogP contribution in [0.5, 0.6) is 0 Å². The molecule has 5 heteroatoms. The molecule has 2 aliphatic heterocycles. The lowest BCUT2D eigenvalue weighted by molar-refractivity contribution is -0.314. The summed E-state index contributed by atoms with van der Waals surface area (Å²) in [5.41, 5.74) is -0.850. The van der Waals surface area contributed by atoms with Crippen LogP contribution in [0.3, 0.4) is 0 Å². The third-order valence-electron chi connectivity index (χ3n) is 6.74. The van der Waals surface area contributed by atoms with Gasteiger partial charge >= 0.3 is 0 Å². The Morgan fingerprint density at radius 2 is 1.65 bits per heavy atom. The van der Waals surface area contributed by atoms with Crippen molar-refractivity contribution in [3.05, 3.63) is 0 Å². The SMILES string of the molecule is CC[C@@H]1O[C@H](C)C(C)C(C)[C@@H]1O[C@H]1OC(O)[C@@H]2[C@@H](C1C)C2(C)O. The lowest BCUT2D eigenvalue weighted by atomic mass is 9.81. The fourth-order valence-corrected chi connectivity index (χ4v) is 4.80. The highest BCUT2D eigenvalue weighted by Crippen LogP contribution is 2.60. The first-order chi connectivity index (χ1) is 10.7. The molecule has 0 spiro atoms. The number of aliphatic hydroxyl groups is 2. The van der Waals surface area contributed by atoms with Crippen molar-refractivity contribution < 1.29 is 24.4 Å². The molecule has 0 aromatic rings. The van der Waals surface area contributed by atoms with Crippen LogP contribution in [-0.4, -0.2) is 46.7 Å². The molecule has 23 heavy (non-hydrogen) atoms. The quantitative estimate of drug-likeness (QED) is 0.831. The van der Waals surface area contributed by atoms with E-state index < -0.39 is 18.2 Å². The van der Waals surface area contributed by atoms with Gasteiger partial charge in [0.15, 0.2) is 12.6 Å². The Hall–Kier alpha value is -0.200. The Balaban J connectivity index is 1.72. The molecule has 1 aliphatic carbocycles. The van der Waals surface area contributed by atoms with Crippen LogP contribution in [0.1, 0.15) is 48.0 Å². The van der Waals surface area contributed by atoms with Crippen molar-refractivity contribution >= 4 is 0 Å². The summed E-state index contributed by atoms with van der Waals surface area (Å²) in [6.45, 7) is 12.4. The normalized spacial score (nSPS) is 59.5. The molecule has 0 radical (unpaired) electrons. The molecule has 2 heterocycles. The van der Waals surface area contributed by atoms with Gasteiger partial charge < -0.3 is 24.4 Å². The summed E-state index contributed by atoms with van der Waals surface area (Å²) in [7, 11) is 0. The molecule has 11 atom stereocenters. The van der Waals surface area contributed by atoms with E-state index in [-0.39, 0.29) is 36.1 Å². The van der Waals surface area contributed by atoms with E-state index in [1.165, 1.54) is 0 Å². The van der Waals surface area contributed by atoms with Crippen LogP contribution in [0, 0.1) is 29.6 Å². The first-order valence-electron chi connectivity index (χ1n) is 9.06. The average Bonchev–Trinajstić information content (AvgIpc) is 3.08. The van der Waals surface area contributed by atoms with E-state index in [1.54, 1.807) is 6.92 Å². The third-order valence-corrected chi connectivity index (χ3v) is 6.74. The second-order valence-corrected chi connectivity index (χ2v) is 8.14. The smallest absolute Gasteiger partial charge is 0.164 e. The molecular formula is C18H32O5. The monoisotopic (exact) mass is 328 g/mol. The minimum atomic E-state index is -0.951. The summed E-state index contributed by atoms with van der Waals surface area (Å²) < 4.78 is 18.2. The number of hydrogen-bond donors (Lipinski definition) is 2. The zero-order chi connectivity index (χ0) is 17.1. The van der Waals surface area contributed by atoms with Crippen molar-refractivity contribution in [2.75, 3.05) is 0 Å². The summed E-state index contributed by atoms with van der Waals surface area (Å²) in [4.78, 5) is 0. The third kappa shape index (κ3) is 2.74. The van der Waals surface area contributed by atoms with Crippen LogP contribution in [0.2, 0.25) is 0 Å². The van der Waals surface area contributed by atoms with Gasteiger partial charge in [-0.3, -0.25) is 0 Å². The molecular weight excluding hydrogens is 296 g/mol. The largest absolute Gasteiger partial charge is 0.389 e. The van der Waals surface area contributed by atoms with Crippen LogP contribution in [0.25, 0.3) is 0 Å². The predicted octanol–water partition coefficient (Wildman–Crippen LogP) is 2.15. The average molecular weight is 328 g/mol. The molecule has 3 rings (SSSR count). The summed E-state index contributed by atoms with van der Waals surface area (Å²) in [5.74, 6) is 0.654. The van der Waals surface area contributed by atoms with Gasteiger partial charge in [0.2, 0.25) is 0 Å². The van der Waals surface area contributed by atoms with Gasteiger partial charge in [0.05, 0.1) is 23.9 Å². The summed E-state index contributed by atoms with van der Waals surface area (Å²) in [5, 5.41) is 20.5. The van der Waals surface area contributed by atoms with E-state index in [9.17, 15) is 10.2 Å². The first-order valence-corrected chi connectivity index (χ1v) is 9.06. The molecule has 3 fully saturated rings. The predicted molar refractivity (Wildman–Crippen MR) is 85.5 cm³/mol. The van der Waals surface area contributed by atoms with E-state index in [0.29, 0.717) is 11.8 Å². The summed E-state index contributed by atoms with van der Waals surface area (Å²) in [6, 6.07) is 0. The van der Waals surface area contributed by atoms with Crippen molar-refractivity contribution in [3.8, 4) is 0 Å². The van der Waals surface area contributed by atoms with Crippen LogP contribution >= 0.6 is 0 Å². The Kier molecular flexibility index (Phi) is 4.56. The van der Waals surface area contributed by atoms with Crippen LogP contribution < -0.4 is 0 Å². The minimum Gasteiger partial charge on any atom is -0.389 e. The number of rotatable bonds is 3. The van der Waals surface area contributed by atoms with Crippen molar-refractivity contribution in [2.45, 2.75) is 84.5 Å². The van der Waals surface area contributed by atoms with Gasteiger partial charge in [0.25, 0.3) is 0 Å². The number of aliphatic hydroxyl groups excluding tert-OH is 1. The standard InChI is InChI=1S/C18H32O5/c1-7-12-15(9(3)8(2)11(5)21-12)22-17-10(4)13-14(16(19)23-17)18(13,6)20/h8-17,19-20H,7H2,1-6H3/t8?,9?,10?,11-,12+,13-,14+,15+,16?,17+,18?/m1/s1. The Bertz CT molecular complexity index is 437. The molecule has 134 valence electrons. The van der Waals surface area contributed by atoms with Crippen LogP contribution in [0.15, 0.2) is 0 Å². The lowest BCUT2D eigenvalue weighted by Gasteiger charge is -2.46. The molecule has 0 bridgehead atoms. The Morgan fingerprint density at radius 1 is 1.00 bits per heavy atom. The zero-order valence-electron chi connectivity index (χ0n) is 15.1. The molecule has 2 saturated heterocycles. The molecule has 5 unspecified atom stereocenters. The second-order valence-electron chi connectivity index (χ2n) is 8.14. The molecule has 5 nitrogen and oxygen atoms in total. The maximum Gasteiger partial charge on any atom is 0.164 e. The fourth-order valence-electron chi connectivity index (χ4n) is 4.80. The Labute approximate surface area is 139 Å². The fraction of sp³-hybridized carbons (Fsp3) is 1.00. The highest BCUT2D eigenvalue weighted by Gasteiger charge is 2.70. The Morgan fingerprint density at radius 3 is 2.26 bits per heavy atom. The first kappa shape index (κ1) is 17.6. The van der Waals surface area contributed by atoms with E-state index in [1.807, 2.05) is 6.92 Å². The van der Waals surface area contributed by atoms with Gasteiger partial charge in [-0.1, -0.05) is 27.7 Å². The van der Waals surface area contributed by atoms with Gasteiger partial charge in [-0.05, 0) is 32.1 Å². The van der Waals surface area contributed by atoms with Crippen molar-refractivity contribution in [3.63, 3.8) is 0 Å². The summed E-state index contributed by atoms with van der Waals surface area (Å²) >= 11 is 0. The molecule has 3 aliphatic rings. The topological polar surface area (TPSA) is 68.2 Å². The van der Waals surface area contributed by atoms with E-state index in [2.05, 4.69) is 27.7 Å². The maximum absolute atomic E-state index is 10.4. The van der Waals surface area contributed by atoms with Gasteiger partial charge in [0, 0.05) is 17.8 Å². The zero-order valence-corrected chi connectivity index (χ0v) is 15.1. The number of hydrogen-bond acceptors (Lipinski definition) is 5. The number of ether oxygens (including phenoxy) is 3. The lowest BCUT2D eigenvalue weighted by Crippen LogP contribution is -2.52. The van der Waals surface area contributed by atoms with Crippen LogP contribution in [-0.2, 0) is 14.2 Å². The van der Waals surface area contributed by atoms with Gasteiger partial charge in [-0.25, -0.2) is 0 Å².